The number of hydrogen-bond donors (Lipinski definition) is 1. The minimum absolute atomic E-state index is 0.0698. The highest BCUT2D eigenvalue weighted by Gasteiger charge is 2.32. The highest BCUT2D eigenvalue weighted by Crippen LogP contribution is 2.24. The third-order valence-electron chi connectivity index (χ3n) is 6.67. The van der Waals surface area contributed by atoms with Crippen LogP contribution in [-0.2, 0) is 21.2 Å². The van der Waals surface area contributed by atoms with Crippen molar-refractivity contribution >= 4 is 27.5 Å². The molecule has 2 amide bonds. The first-order chi connectivity index (χ1) is 16.4. The van der Waals surface area contributed by atoms with Gasteiger partial charge in [-0.1, -0.05) is 42.5 Å². The van der Waals surface area contributed by atoms with Crippen molar-refractivity contribution in [1.29, 1.82) is 0 Å². The number of nitrogens with one attached hydrogen (secondary N) is 1. The monoisotopic (exact) mass is 483 g/mol. The van der Waals surface area contributed by atoms with E-state index in [2.05, 4.69) is 5.32 Å². The standard InChI is InChI=1S/C26H33N3O4S/c30-25(27-24-15-5-4-14-23(24)26(31)28-16-6-7-17-28)22-13-8-18-29(20-22)34(32,33)19-9-12-21-10-2-1-3-11-21/h1-5,10-11,14-15,22H,6-9,12-13,16-20H2,(H,27,30)/t22-/m1/s1. The predicted octanol–water partition coefficient (Wildman–Crippen LogP) is 3.54. The van der Waals surface area contributed by atoms with Gasteiger partial charge in [0.05, 0.1) is 22.9 Å². The second-order valence-electron chi connectivity index (χ2n) is 9.14. The molecule has 7 nitrogen and oxygen atoms in total. The van der Waals surface area contributed by atoms with Gasteiger partial charge in [0.15, 0.2) is 0 Å². The third-order valence-corrected chi connectivity index (χ3v) is 8.59. The van der Waals surface area contributed by atoms with E-state index in [0.29, 0.717) is 43.5 Å². The first-order valence-corrected chi connectivity index (χ1v) is 13.8. The summed E-state index contributed by atoms with van der Waals surface area (Å²) in [6.45, 7) is 2.10. The van der Waals surface area contributed by atoms with Gasteiger partial charge in [-0.3, -0.25) is 9.59 Å². The first-order valence-electron chi connectivity index (χ1n) is 12.1. The number of carbonyl (C=O) groups is 2. The van der Waals surface area contributed by atoms with E-state index in [4.69, 9.17) is 0 Å². The Morgan fingerprint density at radius 2 is 1.62 bits per heavy atom. The average Bonchev–Trinajstić information content (AvgIpc) is 3.40. The van der Waals surface area contributed by atoms with Gasteiger partial charge in [-0.25, -0.2) is 12.7 Å². The molecular formula is C26H33N3O4S. The molecule has 0 radical (unpaired) electrons. The Balaban J connectivity index is 1.36. The van der Waals surface area contributed by atoms with Crippen molar-refractivity contribution in [2.24, 2.45) is 5.92 Å². The van der Waals surface area contributed by atoms with Gasteiger partial charge in [0, 0.05) is 26.2 Å². The number of likely N-dealkylation sites (tertiary alicyclic amines) is 1. The largest absolute Gasteiger partial charge is 0.339 e. The van der Waals surface area contributed by atoms with E-state index < -0.39 is 15.9 Å². The van der Waals surface area contributed by atoms with Crippen LogP contribution in [0.15, 0.2) is 54.6 Å². The lowest BCUT2D eigenvalue weighted by Crippen LogP contribution is -2.44. The van der Waals surface area contributed by atoms with Crippen molar-refractivity contribution in [3.8, 4) is 0 Å². The van der Waals surface area contributed by atoms with Gasteiger partial charge in [0.2, 0.25) is 15.9 Å². The van der Waals surface area contributed by atoms with Crippen molar-refractivity contribution in [3.05, 3.63) is 65.7 Å². The number of piperidine rings is 1. The average molecular weight is 484 g/mol. The van der Waals surface area contributed by atoms with E-state index in [1.54, 1.807) is 24.3 Å². The second kappa shape index (κ2) is 11.1. The highest BCUT2D eigenvalue weighted by molar-refractivity contribution is 7.89. The maximum absolute atomic E-state index is 13.1. The number of benzene rings is 2. The smallest absolute Gasteiger partial charge is 0.255 e. The molecule has 182 valence electrons. The van der Waals surface area contributed by atoms with Gasteiger partial charge in [0.1, 0.15) is 0 Å². The summed E-state index contributed by atoms with van der Waals surface area (Å²) in [5, 5.41) is 2.91. The molecule has 2 fully saturated rings. The van der Waals surface area contributed by atoms with Crippen LogP contribution in [0.3, 0.4) is 0 Å². The summed E-state index contributed by atoms with van der Waals surface area (Å²) < 4.78 is 27.3. The molecule has 0 aliphatic carbocycles. The van der Waals surface area contributed by atoms with Gasteiger partial charge < -0.3 is 10.2 Å². The fraction of sp³-hybridized carbons (Fsp3) is 0.462. The Morgan fingerprint density at radius 3 is 2.38 bits per heavy atom. The molecule has 34 heavy (non-hydrogen) atoms. The molecule has 2 aromatic carbocycles. The lowest BCUT2D eigenvalue weighted by Gasteiger charge is -2.31. The molecule has 0 saturated carbocycles. The van der Waals surface area contributed by atoms with Crippen LogP contribution in [-0.4, -0.2) is 61.4 Å². The number of sulfonamides is 1. The molecule has 4 rings (SSSR count). The van der Waals surface area contributed by atoms with Gasteiger partial charge in [-0.15, -0.1) is 0 Å². The van der Waals surface area contributed by atoms with Gasteiger partial charge in [0.25, 0.3) is 5.91 Å². The van der Waals surface area contributed by atoms with Crippen molar-refractivity contribution < 1.29 is 18.0 Å². The molecule has 1 atom stereocenters. The number of para-hydroxylation sites is 1. The van der Waals surface area contributed by atoms with E-state index in [1.807, 2.05) is 35.2 Å². The van der Waals surface area contributed by atoms with Gasteiger partial charge in [-0.2, -0.15) is 0 Å². The summed E-state index contributed by atoms with van der Waals surface area (Å²) in [4.78, 5) is 27.8. The molecule has 2 aliphatic rings. The summed E-state index contributed by atoms with van der Waals surface area (Å²) in [7, 11) is -3.43. The van der Waals surface area contributed by atoms with Crippen molar-refractivity contribution in [2.75, 3.05) is 37.2 Å². The quantitative estimate of drug-likeness (QED) is 0.622. The minimum atomic E-state index is -3.43. The molecule has 1 N–H and O–H groups in total. The molecule has 8 heteroatoms. The second-order valence-corrected chi connectivity index (χ2v) is 11.2. The number of amides is 2. The molecule has 2 aliphatic heterocycles. The zero-order valence-corrected chi connectivity index (χ0v) is 20.3. The van der Waals surface area contributed by atoms with E-state index >= 15 is 0 Å². The third kappa shape index (κ3) is 6.04. The summed E-state index contributed by atoms with van der Waals surface area (Å²) in [5.74, 6) is -0.665. The van der Waals surface area contributed by atoms with Crippen LogP contribution in [0.2, 0.25) is 0 Å². The highest BCUT2D eigenvalue weighted by atomic mass is 32.2. The normalized spacial score (nSPS) is 19.2. The fourth-order valence-electron chi connectivity index (χ4n) is 4.75. The van der Waals surface area contributed by atoms with E-state index in [1.165, 1.54) is 4.31 Å². The van der Waals surface area contributed by atoms with Crippen LogP contribution in [0.4, 0.5) is 5.69 Å². The SMILES string of the molecule is O=C(Nc1ccccc1C(=O)N1CCCC1)[C@@H]1CCCN(S(=O)(=O)CCCc2ccccc2)C1. The Hall–Kier alpha value is -2.71. The van der Waals surface area contributed by atoms with Gasteiger partial charge in [-0.05, 0) is 56.2 Å². The van der Waals surface area contributed by atoms with Crippen LogP contribution in [0.25, 0.3) is 0 Å². The maximum atomic E-state index is 13.1. The Morgan fingerprint density at radius 1 is 0.912 bits per heavy atom. The van der Waals surface area contributed by atoms with Crippen LogP contribution in [0, 0.1) is 5.92 Å². The summed E-state index contributed by atoms with van der Waals surface area (Å²) in [5.41, 5.74) is 2.10. The number of hydrogen-bond acceptors (Lipinski definition) is 4. The van der Waals surface area contributed by atoms with Crippen molar-refractivity contribution in [3.63, 3.8) is 0 Å². The topological polar surface area (TPSA) is 86.8 Å². The van der Waals surface area contributed by atoms with Crippen LogP contribution in [0.1, 0.15) is 48.0 Å². The molecule has 2 saturated heterocycles. The molecule has 2 aromatic rings. The number of nitrogens with zero attached hydrogens (tertiary/aromatic N) is 2. The minimum Gasteiger partial charge on any atom is -0.339 e. The van der Waals surface area contributed by atoms with Crippen LogP contribution >= 0.6 is 0 Å². The number of carbonyl (C=O) groups excluding carboxylic acids is 2. The van der Waals surface area contributed by atoms with Crippen LogP contribution < -0.4 is 5.32 Å². The molecular weight excluding hydrogens is 450 g/mol. The molecule has 0 aromatic heterocycles. The number of rotatable bonds is 8. The Kier molecular flexibility index (Phi) is 8.00. The van der Waals surface area contributed by atoms with E-state index in [0.717, 1.165) is 31.5 Å². The maximum Gasteiger partial charge on any atom is 0.255 e. The van der Waals surface area contributed by atoms with Gasteiger partial charge >= 0.3 is 0 Å². The first kappa shape index (κ1) is 24.4. The van der Waals surface area contributed by atoms with Crippen LogP contribution in [0.5, 0.6) is 0 Å². The van der Waals surface area contributed by atoms with Crippen molar-refractivity contribution in [2.45, 2.75) is 38.5 Å². The predicted molar refractivity (Wildman–Crippen MR) is 133 cm³/mol. The Bertz CT molecular complexity index is 1100. The summed E-state index contributed by atoms with van der Waals surface area (Å²) in [6, 6.07) is 16.9. The Labute approximate surface area is 202 Å². The molecule has 0 unspecified atom stereocenters. The van der Waals surface area contributed by atoms with Crippen molar-refractivity contribution in [1.82, 2.24) is 9.21 Å². The number of anilines is 1. The molecule has 0 spiro atoms. The zero-order chi connectivity index (χ0) is 24.0. The lowest BCUT2D eigenvalue weighted by molar-refractivity contribution is -0.120. The number of aryl methyl sites for hydroxylation is 1. The fourth-order valence-corrected chi connectivity index (χ4v) is 6.33. The molecule has 2 heterocycles. The lowest BCUT2D eigenvalue weighted by atomic mass is 9.98. The summed E-state index contributed by atoms with van der Waals surface area (Å²) in [6.07, 6.45) is 4.52. The molecule has 0 bridgehead atoms. The summed E-state index contributed by atoms with van der Waals surface area (Å²) >= 11 is 0. The van der Waals surface area contributed by atoms with E-state index in [9.17, 15) is 18.0 Å². The zero-order valence-electron chi connectivity index (χ0n) is 19.5. The van der Waals surface area contributed by atoms with E-state index in [-0.39, 0.29) is 24.1 Å².